The van der Waals surface area contributed by atoms with Crippen LogP contribution in [0, 0.1) is 0 Å². The molecule has 20 aromatic carbocycles. The summed E-state index contributed by atoms with van der Waals surface area (Å²) in [6, 6.07) is 93.9. The molecular weight excluding hydrogens is 1520 g/mol. The predicted molar refractivity (Wildman–Crippen MR) is 480 cm³/mol. The highest BCUT2D eigenvalue weighted by Crippen LogP contribution is 2.61. The number of aromatic hydroxyl groups is 14. The zero-order chi connectivity index (χ0) is 83.4. The molecule has 21 rings (SSSR count). The summed E-state index contributed by atoms with van der Waals surface area (Å²) in [7, 11) is 0. The normalized spacial score (nSPS) is 14.7. The summed E-state index contributed by atoms with van der Waals surface area (Å²) < 4.78 is 0. The van der Waals surface area contributed by atoms with E-state index in [9.17, 15) is 71.5 Å². The van der Waals surface area contributed by atoms with E-state index in [4.69, 9.17) is 0 Å². The average molecular weight is 1590 g/mol. The van der Waals surface area contributed by atoms with Gasteiger partial charge in [-0.1, -0.05) is 243 Å². The molecule has 0 aliphatic heterocycles. The van der Waals surface area contributed by atoms with E-state index in [0.717, 1.165) is 29.0 Å². The van der Waals surface area contributed by atoms with Crippen LogP contribution in [0.5, 0.6) is 80.5 Å². The van der Waals surface area contributed by atoms with Gasteiger partial charge in [0, 0.05) is 142 Å². The first-order valence-corrected chi connectivity index (χ1v) is 40.0. The Morgan fingerprint density at radius 3 is 0.566 bits per heavy atom. The van der Waals surface area contributed by atoms with Gasteiger partial charge in [0.25, 0.3) is 0 Å². The van der Waals surface area contributed by atoms with Crippen LogP contribution < -0.4 is 0 Å². The molecule has 20 aromatic rings. The van der Waals surface area contributed by atoms with Gasteiger partial charge in [-0.25, -0.2) is 0 Å². The van der Waals surface area contributed by atoms with Crippen LogP contribution in [-0.4, -0.2) is 71.5 Å². The summed E-state index contributed by atoms with van der Waals surface area (Å²) in [5.74, 6) is -11.9. The molecule has 14 nitrogen and oxygen atoms in total. The third-order valence-electron chi connectivity index (χ3n) is 25.0. The first-order valence-electron chi connectivity index (χ1n) is 40.0. The smallest absolute Gasteiger partial charge is 0.128 e. The highest BCUT2D eigenvalue weighted by Gasteiger charge is 2.40. The topological polar surface area (TPSA) is 283 Å². The van der Waals surface area contributed by atoms with Gasteiger partial charge >= 0.3 is 0 Å². The highest BCUT2D eigenvalue weighted by atomic mass is 16.3. The fourth-order valence-corrected chi connectivity index (χ4v) is 19.6. The molecule has 0 saturated heterocycles. The Morgan fingerprint density at radius 2 is 0.328 bits per heavy atom. The summed E-state index contributed by atoms with van der Waals surface area (Å²) >= 11 is 0. The maximum absolute atomic E-state index is 14.1. The van der Waals surface area contributed by atoms with Crippen molar-refractivity contribution in [2.24, 2.45) is 0 Å². The molecule has 8 bridgehead atoms. The maximum atomic E-state index is 14.1. The minimum absolute atomic E-state index is 0.00495. The van der Waals surface area contributed by atoms with Gasteiger partial charge in [-0.05, 0) is 164 Å². The maximum Gasteiger partial charge on any atom is 0.128 e. The first-order chi connectivity index (χ1) is 59.3. The van der Waals surface area contributed by atoms with Gasteiger partial charge in [-0.2, -0.15) is 0 Å². The van der Waals surface area contributed by atoms with Crippen molar-refractivity contribution in [3.8, 4) is 125 Å². The van der Waals surface area contributed by atoms with Gasteiger partial charge in [-0.3, -0.25) is 0 Å². The molecule has 0 heterocycles. The molecule has 0 spiro atoms. The van der Waals surface area contributed by atoms with E-state index in [0.29, 0.717) is 86.5 Å². The number of hydrogen-bond donors (Lipinski definition) is 14. The van der Waals surface area contributed by atoms with Gasteiger partial charge in [0.15, 0.2) is 0 Å². The Bertz CT molecular complexity index is 7430. The van der Waals surface area contributed by atoms with Crippen molar-refractivity contribution in [2.45, 2.75) is 23.7 Å². The van der Waals surface area contributed by atoms with Crippen molar-refractivity contribution in [1.29, 1.82) is 0 Å². The Kier molecular flexibility index (Phi) is 17.0. The van der Waals surface area contributed by atoms with Crippen LogP contribution >= 0.6 is 0 Å². The van der Waals surface area contributed by atoms with E-state index in [-0.39, 0.29) is 135 Å². The molecule has 1 aliphatic carbocycles. The minimum Gasteiger partial charge on any atom is -0.507 e. The summed E-state index contributed by atoms with van der Waals surface area (Å²) in [5.41, 5.74) is 2.23. The molecule has 588 valence electrons. The van der Waals surface area contributed by atoms with Crippen molar-refractivity contribution in [1.82, 2.24) is 0 Å². The number of benzene rings is 20. The lowest BCUT2D eigenvalue weighted by Gasteiger charge is -2.31. The summed E-state index contributed by atoms with van der Waals surface area (Å²) in [5, 5.41) is 196. The zero-order valence-corrected chi connectivity index (χ0v) is 64.7. The fourth-order valence-electron chi connectivity index (χ4n) is 19.6. The lowest BCUT2D eigenvalue weighted by atomic mass is 9.73. The zero-order valence-electron chi connectivity index (χ0n) is 64.7. The van der Waals surface area contributed by atoms with E-state index in [2.05, 4.69) is 0 Å². The molecule has 0 amide bonds. The Hall–Kier alpha value is -16.3. The van der Waals surface area contributed by atoms with Crippen LogP contribution in [0.25, 0.3) is 131 Å². The molecule has 14 heteroatoms. The Labute approximate surface area is 696 Å². The van der Waals surface area contributed by atoms with Crippen LogP contribution in [0.3, 0.4) is 0 Å². The molecule has 0 radical (unpaired) electrons. The molecule has 0 aromatic heterocycles. The SMILES string of the molecule is Oc1cc(O)c2cc1C(c1cc3ccccc3c(-c3c(O)ccc4ccccc34)c1O)c1cccc(c1)C(c1cc3ccccc3c(-c3c(O)ccc4ccccc34)c1O)c1cc(c(O)cc1O)C(c1cc3ccccc3c(-c3c(O)ccc4ccccc34)c1O)c1cc(c(O)cc1O)C2c1cc2ccccc2c(-c2c(O)ccc3ccccc23)c1O. The monoisotopic (exact) mass is 1590 g/mol. The molecule has 122 heavy (non-hydrogen) atoms. The van der Waals surface area contributed by atoms with E-state index in [1.165, 1.54) is 30.3 Å². The minimum atomic E-state index is -1.66. The van der Waals surface area contributed by atoms with E-state index >= 15 is 0 Å². The third kappa shape index (κ3) is 11.4. The van der Waals surface area contributed by atoms with Crippen molar-refractivity contribution in [3.63, 3.8) is 0 Å². The molecule has 1 aliphatic rings. The molecule has 4 atom stereocenters. The van der Waals surface area contributed by atoms with Crippen LogP contribution in [0.2, 0.25) is 0 Å². The standard InChI is InChI=1S/C108H72O14/c109-83-40-36-55-18-1-9-28-65(55)97(83)101-69-32-13-5-22-59(69)45-79(105(101)119)93-63-26-17-27-64(44-63)94(80-46-60-23-6-14-33-70(60)102(106(80)120)98-66-29-10-2-19-56(66)37-41-84(98)110)74-50-76(90(116)53-88(74)114)96(82-48-62-25-8-16-35-72(62)104(108(82)122)100-68-31-12-4-21-58(68)39-43-86(100)112)78-51-77(91(117)54-92(78)118)95(75-49-73(93)87(113)52-89(75)115)81-47-61-24-7-15-34-71(61)103(107(81)121)99-67-30-11-3-20-57(67)38-42-85(99)111/h1-54,93-96,109-122H. The summed E-state index contributed by atoms with van der Waals surface area (Å²) in [6.45, 7) is 0. The van der Waals surface area contributed by atoms with Crippen LogP contribution in [0.15, 0.2) is 328 Å². The summed E-state index contributed by atoms with van der Waals surface area (Å²) in [4.78, 5) is 0. The number of fused-ring (bicyclic) bond motifs is 16. The van der Waals surface area contributed by atoms with Gasteiger partial charge < -0.3 is 71.5 Å². The van der Waals surface area contributed by atoms with Gasteiger partial charge in [-0.15, -0.1) is 0 Å². The molecular formula is C108H72O14. The number of phenolic OH excluding ortho intramolecular Hbond substituents is 14. The van der Waals surface area contributed by atoms with Crippen molar-refractivity contribution >= 4 is 86.2 Å². The van der Waals surface area contributed by atoms with E-state index in [1.807, 2.05) is 158 Å². The van der Waals surface area contributed by atoms with Gasteiger partial charge in [0.05, 0.1) is 0 Å². The first kappa shape index (κ1) is 73.3. The van der Waals surface area contributed by atoms with Gasteiger partial charge in [0.1, 0.15) is 80.5 Å². The largest absolute Gasteiger partial charge is 0.507 e. The second-order valence-electron chi connectivity index (χ2n) is 31.7. The van der Waals surface area contributed by atoms with Crippen LogP contribution in [-0.2, 0) is 0 Å². The number of rotatable bonds is 8. The number of hydrogen-bond acceptors (Lipinski definition) is 14. The lowest BCUT2D eigenvalue weighted by Crippen LogP contribution is -2.13. The lowest BCUT2D eigenvalue weighted by molar-refractivity contribution is 0.430. The van der Waals surface area contributed by atoms with Crippen LogP contribution in [0.1, 0.15) is 90.4 Å². The molecule has 0 saturated carbocycles. The van der Waals surface area contributed by atoms with Crippen molar-refractivity contribution in [2.75, 3.05) is 0 Å². The second kappa shape index (κ2) is 28.2. The van der Waals surface area contributed by atoms with Crippen molar-refractivity contribution in [3.05, 3.63) is 394 Å². The van der Waals surface area contributed by atoms with Crippen LogP contribution in [0.4, 0.5) is 0 Å². The van der Waals surface area contributed by atoms with Gasteiger partial charge in [0.2, 0.25) is 0 Å². The fraction of sp³-hybridized carbons (Fsp3) is 0.0370. The second-order valence-corrected chi connectivity index (χ2v) is 31.7. The predicted octanol–water partition coefficient (Wildman–Crippen LogP) is 24.5. The number of phenols is 14. The Morgan fingerprint density at radius 1 is 0.131 bits per heavy atom. The molecule has 0 fully saturated rings. The summed E-state index contributed by atoms with van der Waals surface area (Å²) in [6.07, 6.45) is 0. The third-order valence-corrected chi connectivity index (χ3v) is 25.0. The Balaban J connectivity index is 0.943. The highest BCUT2D eigenvalue weighted by molar-refractivity contribution is 6.15. The average Bonchev–Trinajstić information content (AvgIpc) is 0.723. The van der Waals surface area contributed by atoms with E-state index in [1.54, 1.807) is 121 Å². The van der Waals surface area contributed by atoms with E-state index < -0.39 is 69.7 Å². The van der Waals surface area contributed by atoms with Crippen molar-refractivity contribution < 1.29 is 71.5 Å². The quantitative estimate of drug-likeness (QED) is 0.0674. The molecule has 14 N–H and O–H groups in total. The molecule has 4 unspecified atom stereocenters.